The Morgan fingerprint density at radius 3 is 2.84 bits per heavy atom. The minimum atomic E-state index is -0.409. The fraction of sp³-hybridized carbons (Fsp3) is 0.0526. The SMILES string of the molecule is Cn1cc(-c2ccnc(Nc3cc(N)ccc3F)n2)c2ccccc21. The van der Waals surface area contributed by atoms with Crippen molar-refractivity contribution in [3.05, 3.63) is 66.7 Å². The van der Waals surface area contributed by atoms with Gasteiger partial charge < -0.3 is 15.6 Å². The molecule has 2 aromatic heterocycles. The number of hydrogen-bond donors (Lipinski definition) is 2. The number of hydrogen-bond acceptors (Lipinski definition) is 4. The maximum Gasteiger partial charge on any atom is 0.227 e. The lowest BCUT2D eigenvalue weighted by atomic mass is 10.1. The van der Waals surface area contributed by atoms with Gasteiger partial charge in [-0.2, -0.15) is 0 Å². The lowest BCUT2D eigenvalue weighted by Crippen LogP contribution is -2.00. The molecule has 0 spiro atoms. The van der Waals surface area contributed by atoms with E-state index in [4.69, 9.17) is 5.73 Å². The van der Waals surface area contributed by atoms with Gasteiger partial charge in [-0.1, -0.05) is 18.2 Å². The van der Waals surface area contributed by atoms with Crippen molar-refractivity contribution >= 4 is 28.2 Å². The van der Waals surface area contributed by atoms with E-state index in [0.29, 0.717) is 11.6 Å². The minimum absolute atomic E-state index is 0.245. The van der Waals surface area contributed by atoms with E-state index in [2.05, 4.69) is 32.0 Å². The van der Waals surface area contributed by atoms with Crippen LogP contribution in [-0.2, 0) is 7.05 Å². The summed E-state index contributed by atoms with van der Waals surface area (Å²) in [6.45, 7) is 0. The molecule has 0 unspecified atom stereocenters. The summed E-state index contributed by atoms with van der Waals surface area (Å²) in [7, 11) is 1.99. The second-order valence-electron chi connectivity index (χ2n) is 5.80. The molecule has 0 bridgehead atoms. The van der Waals surface area contributed by atoms with E-state index in [1.54, 1.807) is 6.20 Å². The van der Waals surface area contributed by atoms with E-state index in [1.165, 1.54) is 18.2 Å². The first-order chi connectivity index (χ1) is 12.1. The highest BCUT2D eigenvalue weighted by Gasteiger charge is 2.11. The summed E-state index contributed by atoms with van der Waals surface area (Å²) in [5.74, 6) is -0.0942. The van der Waals surface area contributed by atoms with Crippen molar-refractivity contribution in [2.24, 2.45) is 7.05 Å². The molecule has 5 nitrogen and oxygen atoms in total. The van der Waals surface area contributed by atoms with Crippen LogP contribution in [0.2, 0.25) is 0 Å². The number of aromatic nitrogens is 3. The van der Waals surface area contributed by atoms with Crippen molar-refractivity contribution in [1.82, 2.24) is 14.5 Å². The normalized spacial score (nSPS) is 11.0. The van der Waals surface area contributed by atoms with Crippen LogP contribution in [0.1, 0.15) is 0 Å². The summed E-state index contributed by atoms with van der Waals surface area (Å²) in [6.07, 6.45) is 3.68. The number of rotatable bonds is 3. The molecule has 4 rings (SSSR count). The molecule has 3 N–H and O–H groups in total. The average molecular weight is 333 g/mol. The Balaban J connectivity index is 1.75. The van der Waals surface area contributed by atoms with Crippen LogP contribution in [0.3, 0.4) is 0 Å². The van der Waals surface area contributed by atoms with Gasteiger partial charge in [0.25, 0.3) is 0 Å². The highest BCUT2D eigenvalue weighted by atomic mass is 19.1. The number of nitrogens with two attached hydrogens (primary N) is 1. The molecule has 25 heavy (non-hydrogen) atoms. The molecule has 0 saturated heterocycles. The zero-order valence-electron chi connectivity index (χ0n) is 13.6. The first kappa shape index (κ1) is 15.1. The number of benzene rings is 2. The van der Waals surface area contributed by atoms with E-state index >= 15 is 0 Å². The second kappa shape index (κ2) is 5.90. The third-order valence-electron chi connectivity index (χ3n) is 4.07. The van der Waals surface area contributed by atoms with Crippen LogP contribution in [-0.4, -0.2) is 14.5 Å². The fourth-order valence-electron chi connectivity index (χ4n) is 2.87. The van der Waals surface area contributed by atoms with Crippen LogP contribution in [0, 0.1) is 5.82 Å². The average Bonchev–Trinajstić information content (AvgIpc) is 2.96. The molecule has 0 saturated carbocycles. The number of nitrogens with zero attached hydrogens (tertiary/aromatic N) is 3. The Kier molecular flexibility index (Phi) is 3.57. The van der Waals surface area contributed by atoms with Gasteiger partial charge in [-0.05, 0) is 30.3 Å². The third-order valence-corrected chi connectivity index (χ3v) is 4.07. The largest absolute Gasteiger partial charge is 0.399 e. The van der Waals surface area contributed by atoms with Crippen LogP contribution in [0.5, 0.6) is 0 Å². The van der Waals surface area contributed by atoms with Crippen molar-refractivity contribution in [3.8, 4) is 11.3 Å². The maximum atomic E-state index is 13.9. The van der Waals surface area contributed by atoms with Crippen molar-refractivity contribution in [2.75, 3.05) is 11.1 Å². The van der Waals surface area contributed by atoms with Gasteiger partial charge in [-0.3, -0.25) is 0 Å². The molecular formula is C19H16FN5. The zero-order valence-corrected chi connectivity index (χ0v) is 13.6. The van der Waals surface area contributed by atoms with E-state index in [9.17, 15) is 4.39 Å². The van der Waals surface area contributed by atoms with Gasteiger partial charge in [0.05, 0.1) is 11.4 Å². The number of nitrogen functional groups attached to an aromatic ring is 1. The predicted molar refractivity (Wildman–Crippen MR) is 98.0 cm³/mol. The molecule has 0 amide bonds. The quantitative estimate of drug-likeness (QED) is 0.554. The van der Waals surface area contributed by atoms with E-state index < -0.39 is 5.82 Å². The maximum absolute atomic E-state index is 13.9. The van der Waals surface area contributed by atoms with Crippen molar-refractivity contribution in [3.63, 3.8) is 0 Å². The second-order valence-corrected chi connectivity index (χ2v) is 5.80. The predicted octanol–water partition coefficient (Wildman–Crippen LogP) is 4.10. The van der Waals surface area contributed by atoms with Crippen LogP contribution < -0.4 is 11.1 Å². The molecule has 0 aliphatic heterocycles. The van der Waals surface area contributed by atoms with E-state index in [1.807, 2.05) is 31.4 Å². The zero-order chi connectivity index (χ0) is 17.4. The van der Waals surface area contributed by atoms with Crippen molar-refractivity contribution < 1.29 is 4.39 Å². The Labute approximate surface area is 144 Å². The van der Waals surface area contributed by atoms with E-state index in [-0.39, 0.29) is 5.69 Å². The summed E-state index contributed by atoms with van der Waals surface area (Å²) < 4.78 is 16.0. The summed E-state index contributed by atoms with van der Waals surface area (Å²) >= 11 is 0. The Bertz CT molecular complexity index is 1070. The topological polar surface area (TPSA) is 68.8 Å². The summed E-state index contributed by atoms with van der Waals surface area (Å²) in [5.41, 5.74) is 9.31. The van der Waals surface area contributed by atoms with Gasteiger partial charge in [0, 0.05) is 41.6 Å². The summed E-state index contributed by atoms with van der Waals surface area (Å²) in [6, 6.07) is 14.3. The summed E-state index contributed by atoms with van der Waals surface area (Å²) in [4.78, 5) is 8.71. The van der Waals surface area contributed by atoms with Crippen LogP contribution in [0.15, 0.2) is 60.9 Å². The van der Waals surface area contributed by atoms with Crippen LogP contribution in [0.4, 0.5) is 21.7 Å². The molecular weight excluding hydrogens is 317 g/mol. The lowest BCUT2D eigenvalue weighted by molar-refractivity contribution is 0.632. The van der Waals surface area contributed by atoms with Gasteiger partial charge in [-0.25, -0.2) is 14.4 Å². The molecule has 0 aliphatic carbocycles. The summed E-state index contributed by atoms with van der Waals surface area (Å²) in [5, 5.41) is 4.00. The van der Waals surface area contributed by atoms with Gasteiger partial charge in [-0.15, -0.1) is 0 Å². The van der Waals surface area contributed by atoms with Crippen molar-refractivity contribution in [2.45, 2.75) is 0 Å². The number of aryl methyl sites for hydroxylation is 1. The number of para-hydroxylation sites is 1. The van der Waals surface area contributed by atoms with Gasteiger partial charge in [0.1, 0.15) is 5.82 Å². The molecule has 2 aromatic carbocycles. The Morgan fingerprint density at radius 1 is 1.12 bits per heavy atom. The number of halogens is 1. The molecule has 2 heterocycles. The number of anilines is 3. The smallest absolute Gasteiger partial charge is 0.227 e. The molecule has 124 valence electrons. The number of nitrogens with one attached hydrogen (secondary N) is 1. The number of fused-ring (bicyclic) bond motifs is 1. The lowest BCUT2D eigenvalue weighted by Gasteiger charge is -2.08. The highest BCUT2D eigenvalue weighted by Crippen LogP contribution is 2.29. The molecule has 4 aromatic rings. The minimum Gasteiger partial charge on any atom is -0.399 e. The molecule has 6 heteroatoms. The first-order valence-corrected chi connectivity index (χ1v) is 7.81. The highest BCUT2D eigenvalue weighted by molar-refractivity contribution is 5.95. The van der Waals surface area contributed by atoms with Gasteiger partial charge >= 0.3 is 0 Å². The van der Waals surface area contributed by atoms with Gasteiger partial charge in [0.15, 0.2) is 0 Å². The monoisotopic (exact) mass is 333 g/mol. The Morgan fingerprint density at radius 2 is 1.96 bits per heavy atom. The standard InChI is InChI=1S/C19H16FN5/c1-25-11-14(13-4-2-3-5-18(13)25)16-8-9-22-19(23-16)24-17-10-12(21)6-7-15(17)20/h2-11H,21H2,1H3,(H,22,23,24). The molecule has 0 aliphatic rings. The van der Waals surface area contributed by atoms with Gasteiger partial charge in [0.2, 0.25) is 5.95 Å². The first-order valence-electron chi connectivity index (χ1n) is 7.81. The van der Waals surface area contributed by atoms with Crippen molar-refractivity contribution in [1.29, 1.82) is 0 Å². The molecule has 0 atom stereocenters. The van der Waals surface area contributed by atoms with Crippen LogP contribution in [0.25, 0.3) is 22.2 Å². The van der Waals surface area contributed by atoms with E-state index in [0.717, 1.165) is 22.2 Å². The molecule has 0 fully saturated rings. The van der Waals surface area contributed by atoms with Crippen LogP contribution >= 0.6 is 0 Å². The Hall–Kier alpha value is -3.41. The third kappa shape index (κ3) is 2.78. The fourth-order valence-corrected chi connectivity index (χ4v) is 2.87. The molecule has 0 radical (unpaired) electrons.